The lowest BCUT2D eigenvalue weighted by Gasteiger charge is -2.38. The fourth-order valence-electron chi connectivity index (χ4n) is 2.48. The lowest BCUT2D eigenvalue weighted by Crippen LogP contribution is -2.54. The van der Waals surface area contributed by atoms with Crippen LogP contribution in [0, 0.1) is 0 Å². The molecule has 1 fully saturated rings. The molecule has 0 spiro atoms. The summed E-state index contributed by atoms with van der Waals surface area (Å²) in [5.74, 6) is -0.166. The number of pyridine rings is 1. The molecule has 2 atom stereocenters. The van der Waals surface area contributed by atoms with Gasteiger partial charge in [0.15, 0.2) is 0 Å². The number of aliphatic hydroxyl groups is 1. The van der Waals surface area contributed by atoms with E-state index in [-0.39, 0.29) is 18.6 Å². The number of carbonyl (C=O) groups is 1. The van der Waals surface area contributed by atoms with E-state index in [0.29, 0.717) is 13.1 Å². The summed E-state index contributed by atoms with van der Waals surface area (Å²) in [6, 6.07) is 3.49. The van der Waals surface area contributed by atoms with E-state index >= 15 is 0 Å². The predicted octanol–water partition coefficient (Wildman–Crippen LogP) is -0.394. The van der Waals surface area contributed by atoms with E-state index in [1.165, 1.54) is 5.56 Å². The maximum atomic E-state index is 11.9. The molecule has 2 heterocycles. The highest BCUT2D eigenvalue weighted by Crippen LogP contribution is 2.20. The van der Waals surface area contributed by atoms with Crippen LogP contribution in [0.3, 0.4) is 0 Å². The van der Waals surface area contributed by atoms with Gasteiger partial charge in [0.2, 0.25) is 5.91 Å². The first kappa shape index (κ1) is 14.9. The fourth-order valence-corrected chi connectivity index (χ4v) is 2.48. The molecule has 0 aromatic carbocycles. The molecule has 0 aliphatic carbocycles. The molecule has 1 aliphatic heterocycles. The largest absolute Gasteiger partial charge is 0.394 e. The Balaban J connectivity index is 1.90. The predicted molar refractivity (Wildman–Crippen MR) is 75.9 cm³/mol. The van der Waals surface area contributed by atoms with Gasteiger partial charge in [-0.1, -0.05) is 6.07 Å². The van der Waals surface area contributed by atoms with Crippen LogP contribution in [-0.4, -0.2) is 64.6 Å². The third kappa shape index (κ3) is 3.33. The van der Waals surface area contributed by atoms with Crippen LogP contribution in [-0.2, 0) is 4.79 Å². The summed E-state index contributed by atoms with van der Waals surface area (Å²) in [6.45, 7) is 4.76. The number of nitrogens with zero attached hydrogens (tertiary/aromatic N) is 3. The van der Waals surface area contributed by atoms with E-state index in [9.17, 15) is 4.79 Å². The molecule has 1 aromatic rings. The van der Waals surface area contributed by atoms with E-state index < -0.39 is 6.04 Å². The van der Waals surface area contributed by atoms with Crippen molar-refractivity contribution in [2.24, 2.45) is 5.73 Å². The monoisotopic (exact) mass is 278 g/mol. The number of rotatable bonds is 4. The molecule has 1 aliphatic rings. The Bertz CT molecular complexity index is 432. The normalized spacial score (nSPS) is 19.6. The van der Waals surface area contributed by atoms with Gasteiger partial charge in [0.1, 0.15) is 6.04 Å². The van der Waals surface area contributed by atoms with E-state index in [4.69, 9.17) is 10.8 Å². The van der Waals surface area contributed by atoms with Crippen molar-refractivity contribution in [2.45, 2.75) is 19.0 Å². The third-order valence-corrected chi connectivity index (χ3v) is 3.85. The molecule has 1 aromatic heterocycles. The van der Waals surface area contributed by atoms with E-state index in [1.807, 2.05) is 12.3 Å². The highest BCUT2D eigenvalue weighted by Gasteiger charge is 2.27. The molecule has 20 heavy (non-hydrogen) atoms. The van der Waals surface area contributed by atoms with Gasteiger partial charge in [-0.05, 0) is 18.6 Å². The van der Waals surface area contributed by atoms with Gasteiger partial charge < -0.3 is 15.7 Å². The van der Waals surface area contributed by atoms with Crippen LogP contribution in [0.15, 0.2) is 24.5 Å². The lowest BCUT2D eigenvalue weighted by molar-refractivity contribution is -0.135. The van der Waals surface area contributed by atoms with E-state index in [0.717, 1.165) is 13.1 Å². The number of piperazine rings is 1. The highest BCUT2D eigenvalue weighted by molar-refractivity contribution is 5.81. The number of nitrogens with two attached hydrogens (primary N) is 1. The lowest BCUT2D eigenvalue weighted by atomic mass is 10.1. The second-order valence-corrected chi connectivity index (χ2v) is 5.11. The molecular formula is C14H22N4O2. The number of hydrogen-bond acceptors (Lipinski definition) is 5. The summed E-state index contributed by atoms with van der Waals surface area (Å²) in [5.41, 5.74) is 6.75. The van der Waals surface area contributed by atoms with Crippen molar-refractivity contribution >= 4 is 5.91 Å². The van der Waals surface area contributed by atoms with Gasteiger partial charge in [-0.25, -0.2) is 0 Å². The third-order valence-electron chi connectivity index (χ3n) is 3.85. The van der Waals surface area contributed by atoms with Crippen LogP contribution in [0.1, 0.15) is 18.5 Å². The Labute approximate surface area is 119 Å². The zero-order valence-electron chi connectivity index (χ0n) is 11.8. The minimum Gasteiger partial charge on any atom is -0.394 e. The first-order valence-electron chi connectivity index (χ1n) is 6.92. The van der Waals surface area contributed by atoms with Crippen LogP contribution in [0.2, 0.25) is 0 Å². The summed E-state index contributed by atoms with van der Waals surface area (Å²) in [4.78, 5) is 20.1. The second-order valence-electron chi connectivity index (χ2n) is 5.11. The second kappa shape index (κ2) is 6.78. The van der Waals surface area contributed by atoms with Crippen molar-refractivity contribution in [3.63, 3.8) is 0 Å². The van der Waals surface area contributed by atoms with E-state index in [2.05, 4.69) is 22.9 Å². The van der Waals surface area contributed by atoms with Crippen molar-refractivity contribution in [3.8, 4) is 0 Å². The molecule has 110 valence electrons. The first-order valence-corrected chi connectivity index (χ1v) is 6.92. The molecule has 2 rings (SSSR count). The summed E-state index contributed by atoms with van der Waals surface area (Å²) in [5, 5.41) is 8.93. The smallest absolute Gasteiger partial charge is 0.241 e. The van der Waals surface area contributed by atoms with Crippen LogP contribution in [0.4, 0.5) is 0 Å². The Hall–Kier alpha value is -1.50. The van der Waals surface area contributed by atoms with Gasteiger partial charge in [-0.15, -0.1) is 0 Å². The van der Waals surface area contributed by atoms with E-state index in [1.54, 1.807) is 11.1 Å². The minimum absolute atomic E-state index is 0.166. The average Bonchev–Trinajstić information content (AvgIpc) is 2.53. The van der Waals surface area contributed by atoms with Crippen LogP contribution >= 0.6 is 0 Å². The van der Waals surface area contributed by atoms with Crippen molar-refractivity contribution in [3.05, 3.63) is 30.1 Å². The summed E-state index contributed by atoms with van der Waals surface area (Å²) in [7, 11) is 0. The number of amides is 1. The average molecular weight is 278 g/mol. The SMILES string of the molecule is CC(c1cccnc1)N1CCN(C(=O)C(N)CO)CC1. The standard InChI is InChI=1S/C14H22N4O2/c1-11(12-3-2-4-16-9-12)17-5-7-18(8-6-17)14(20)13(15)10-19/h2-4,9,11,13,19H,5-8,10,15H2,1H3. The molecule has 3 N–H and O–H groups in total. The molecular weight excluding hydrogens is 256 g/mol. The number of carbonyl (C=O) groups excluding carboxylic acids is 1. The molecule has 1 saturated heterocycles. The Kier molecular flexibility index (Phi) is 5.05. The molecule has 0 bridgehead atoms. The number of aromatic nitrogens is 1. The number of aliphatic hydroxyl groups excluding tert-OH is 1. The van der Waals surface area contributed by atoms with Gasteiger partial charge >= 0.3 is 0 Å². The van der Waals surface area contributed by atoms with Crippen molar-refractivity contribution in [1.29, 1.82) is 0 Å². The zero-order valence-corrected chi connectivity index (χ0v) is 11.8. The molecule has 6 heteroatoms. The summed E-state index contributed by atoms with van der Waals surface area (Å²) in [6.07, 6.45) is 3.65. The van der Waals surface area contributed by atoms with Crippen LogP contribution in [0.25, 0.3) is 0 Å². The van der Waals surface area contributed by atoms with Gasteiger partial charge in [0.05, 0.1) is 6.61 Å². The van der Waals surface area contributed by atoms with Crippen molar-refractivity contribution in [2.75, 3.05) is 32.8 Å². The zero-order chi connectivity index (χ0) is 14.5. The Morgan fingerprint density at radius 1 is 1.45 bits per heavy atom. The van der Waals surface area contributed by atoms with Crippen molar-refractivity contribution < 1.29 is 9.90 Å². The van der Waals surface area contributed by atoms with Gasteiger partial charge in [-0.2, -0.15) is 0 Å². The minimum atomic E-state index is -0.794. The van der Waals surface area contributed by atoms with Crippen LogP contribution < -0.4 is 5.73 Å². The summed E-state index contributed by atoms with van der Waals surface area (Å²) < 4.78 is 0. The molecule has 0 radical (unpaired) electrons. The highest BCUT2D eigenvalue weighted by atomic mass is 16.3. The van der Waals surface area contributed by atoms with Gasteiger partial charge in [0, 0.05) is 44.6 Å². The quantitative estimate of drug-likeness (QED) is 0.783. The fraction of sp³-hybridized carbons (Fsp3) is 0.571. The van der Waals surface area contributed by atoms with Gasteiger partial charge in [0.25, 0.3) is 0 Å². The Morgan fingerprint density at radius 2 is 2.15 bits per heavy atom. The maximum absolute atomic E-state index is 11.9. The van der Waals surface area contributed by atoms with Crippen molar-refractivity contribution in [1.82, 2.24) is 14.8 Å². The maximum Gasteiger partial charge on any atom is 0.241 e. The first-order chi connectivity index (χ1) is 9.63. The molecule has 6 nitrogen and oxygen atoms in total. The topological polar surface area (TPSA) is 82.7 Å². The Morgan fingerprint density at radius 3 is 2.70 bits per heavy atom. The summed E-state index contributed by atoms with van der Waals surface area (Å²) >= 11 is 0. The number of hydrogen-bond donors (Lipinski definition) is 2. The molecule has 2 unspecified atom stereocenters. The van der Waals surface area contributed by atoms with Gasteiger partial charge in [-0.3, -0.25) is 14.7 Å². The molecule has 0 saturated carbocycles. The molecule has 1 amide bonds. The van der Waals surface area contributed by atoms with Crippen LogP contribution in [0.5, 0.6) is 0 Å².